The summed E-state index contributed by atoms with van der Waals surface area (Å²) in [6.45, 7) is 7.65. The van der Waals surface area contributed by atoms with Crippen molar-refractivity contribution in [1.82, 2.24) is 4.90 Å². The molecule has 2 unspecified atom stereocenters. The summed E-state index contributed by atoms with van der Waals surface area (Å²) in [7, 11) is 0. The molecule has 0 N–H and O–H groups in total. The Morgan fingerprint density at radius 1 is 1.30 bits per heavy atom. The zero-order valence-electron chi connectivity index (χ0n) is 14.2. The third kappa shape index (κ3) is 3.26. The molecule has 2 heterocycles. The fraction of sp³-hybridized carbons (Fsp3) is 0.526. The first-order chi connectivity index (χ1) is 10.7. The van der Waals surface area contributed by atoms with Crippen LogP contribution in [0.25, 0.3) is 5.57 Å². The second kappa shape index (κ2) is 5.66. The van der Waals surface area contributed by atoms with Crippen LogP contribution in [0.4, 0.5) is 9.18 Å². The zero-order chi connectivity index (χ0) is 16.8. The van der Waals surface area contributed by atoms with E-state index in [1.165, 1.54) is 6.07 Å². The summed E-state index contributed by atoms with van der Waals surface area (Å²) in [6, 6.07) is 5.11. The maximum atomic E-state index is 13.6. The van der Waals surface area contributed by atoms with Gasteiger partial charge in [-0.3, -0.25) is 4.90 Å². The summed E-state index contributed by atoms with van der Waals surface area (Å²) in [5.41, 5.74) is 2.70. The number of hydrogen-bond donors (Lipinski definition) is 0. The Morgan fingerprint density at radius 3 is 2.70 bits per heavy atom. The number of carbonyl (C=O) groups excluding carboxylic acids is 1. The van der Waals surface area contributed by atoms with Crippen LogP contribution >= 0.6 is 0 Å². The number of benzene rings is 1. The fourth-order valence-corrected chi connectivity index (χ4v) is 3.57. The molecule has 1 fully saturated rings. The van der Waals surface area contributed by atoms with E-state index in [0.717, 1.165) is 36.0 Å². The minimum absolute atomic E-state index is 0.0567. The third-order valence-electron chi connectivity index (χ3n) is 4.55. The Kier molecular flexibility index (Phi) is 3.95. The first kappa shape index (κ1) is 16.0. The van der Waals surface area contributed by atoms with E-state index in [0.29, 0.717) is 0 Å². The molecular weight excluding hydrogens is 293 g/mol. The van der Waals surface area contributed by atoms with Gasteiger partial charge in [0.1, 0.15) is 11.4 Å². The van der Waals surface area contributed by atoms with Gasteiger partial charge in [-0.2, -0.15) is 0 Å². The highest BCUT2D eigenvalue weighted by Crippen LogP contribution is 2.40. The van der Waals surface area contributed by atoms with Gasteiger partial charge in [-0.25, -0.2) is 9.18 Å². The monoisotopic (exact) mass is 317 g/mol. The molecule has 0 radical (unpaired) electrons. The molecule has 23 heavy (non-hydrogen) atoms. The van der Waals surface area contributed by atoms with Crippen molar-refractivity contribution in [3.8, 4) is 0 Å². The molecule has 4 heteroatoms. The maximum Gasteiger partial charge on any atom is 0.411 e. The average Bonchev–Trinajstić information content (AvgIpc) is 2.71. The quantitative estimate of drug-likeness (QED) is 0.752. The number of nitrogens with zero attached hydrogens (tertiary/aromatic N) is 1. The van der Waals surface area contributed by atoms with Crippen molar-refractivity contribution in [2.24, 2.45) is 0 Å². The molecule has 0 saturated carbocycles. The third-order valence-corrected chi connectivity index (χ3v) is 4.55. The fourth-order valence-electron chi connectivity index (χ4n) is 3.57. The molecular formula is C19H24FNO2. The Labute approximate surface area is 137 Å². The van der Waals surface area contributed by atoms with Crippen LogP contribution < -0.4 is 0 Å². The van der Waals surface area contributed by atoms with Crippen LogP contribution in [-0.4, -0.2) is 28.7 Å². The standard InChI is InChI=1S/C19H24FNO2/c1-12-5-6-14(20)11-17(12)13-9-15-7-8-16(10-13)21(15)18(22)23-19(2,3)4/h5-6,9,11,15-16H,7-8,10H2,1-4H3. The highest BCUT2D eigenvalue weighted by molar-refractivity contribution is 5.76. The van der Waals surface area contributed by atoms with Crippen molar-refractivity contribution in [2.45, 2.75) is 64.6 Å². The van der Waals surface area contributed by atoms with Crippen LogP contribution in [0, 0.1) is 12.7 Å². The van der Waals surface area contributed by atoms with E-state index in [1.54, 1.807) is 6.07 Å². The molecule has 1 aromatic carbocycles. The van der Waals surface area contributed by atoms with Crippen molar-refractivity contribution >= 4 is 11.7 Å². The van der Waals surface area contributed by atoms with Gasteiger partial charge in [0, 0.05) is 6.04 Å². The lowest BCUT2D eigenvalue weighted by Gasteiger charge is -2.35. The van der Waals surface area contributed by atoms with Gasteiger partial charge in [0.2, 0.25) is 0 Å². The Balaban J connectivity index is 1.86. The minimum Gasteiger partial charge on any atom is -0.444 e. The molecule has 0 aliphatic carbocycles. The lowest BCUT2D eigenvalue weighted by Crippen LogP contribution is -2.45. The van der Waals surface area contributed by atoms with Crippen molar-refractivity contribution in [3.05, 3.63) is 41.2 Å². The molecule has 2 aliphatic heterocycles. The highest BCUT2D eigenvalue weighted by Gasteiger charge is 2.41. The lowest BCUT2D eigenvalue weighted by molar-refractivity contribution is 0.0175. The molecule has 0 aromatic heterocycles. The van der Waals surface area contributed by atoms with Crippen LogP contribution in [0.3, 0.4) is 0 Å². The molecule has 1 saturated heterocycles. The topological polar surface area (TPSA) is 29.5 Å². The van der Waals surface area contributed by atoms with Crippen LogP contribution in [0.2, 0.25) is 0 Å². The first-order valence-corrected chi connectivity index (χ1v) is 8.23. The second-order valence-corrected chi connectivity index (χ2v) is 7.54. The number of ether oxygens (including phenoxy) is 1. The smallest absolute Gasteiger partial charge is 0.411 e. The number of rotatable bonds is 1. The molecule has 1 aromatic rings. The van der Waals surface area contributed by atoms with Gasteiger partial charge >= 0.3 is 6.09 Å². The molecule has 3 nitrogen and oxygen atoms in total. The second-order valence-electron chi connectivity index (χ2n) is 7.54. The van der Waals surface area contributed by atoms with Crippen LogP contribution in [0.15, 0.2) is 24.3 Å². The SMILES string of the molecule is Cc1ccc(F)cc1C1=CC2CCC(C1)N2C(=O)OC(C)(C)C. The van der Waals surface area contributed by atoms with Gasteiger partial charge in [0.15, 0.2) is 0 Å². The van der Waals surface area contributed by atoms with Crippen molar-refractivity contribution in [3.63, 3.8) is 0 Å². The minimum atomic E-state index is -0.486. The Bertz CT molecular complexity index is 660. The number of carbonyl (C=O) groups is 1. The zero-order valence-corrected chi connectivity index (χ0v) is 14.2. The van der Waals surface area contributed by atoms with E-state index in [-0.39, 0.29) is 24.0 Å². The number of fused-ring (bicyclic) bond motifs is 2. The van der Waals surface area contributed by atoms with Crippen molar-refractivity contribution < 1.29 is 13.9 Å². The molecule has 3 rings (SSSR count). The molecule has 1 amide bonds. The summed E-state index contributed by atoms with van der Waals surface area (Å²) >= 11 is 0. The number of amides is 1. The molecule has 2 bridgehead atoms. The van der Waals surface area contributed by atoms with E-state index in [1.807, 2.05) is 38.7 Å². The summed E-state index contributed by atoms with van der Waals surface area (Å²) in [5.74, 6) is -0.214. The van der Waals surface area contributed by atoms with Gasteiger partial charge in [-0.15, -0.1) is 0 Å². The van der Waals surface area contributed by atoms with E-state index in [9.17, 15) is 9.18 Å². The van der Waals surface area contributed by atoms with Gasteiger partial charge in [0.05, 0.1) is 6.04 Å². The molecule has 124 valence electrons. The van der Waals surface area contributed by atoms with E-state index in [2.05, 4.69) is 6.08 Å². The predicted molar refractivity (Wildman–Crippen MR) is 88.6 cm³/mol. The van der Waals surface area contributed by atoms with Gasteiger partial charge in [-0.1, -0.05) is 12.1 Å². The predicted octanol–water partition coefficient (Wildman–Crippen LogP) is 4.69. The first-order valence-electron chi connectivity index (χ1n) is 8.23. The van der Waals surface area contributed by atoms with Crippen LogP contribution in [0.5, 0.6) is 0 Å². The Hall–Kier alpha value is -1.84. The van der Waals surface area contributed by atoms with Crippen LogP contribution in [-0.2, 0) is 4.74 Å². The van der Waals surface area contributed by atoms with E-state index >= 15 is 0 Å². The average molecular weight is 317 g/mol. The van der Waals surface area contributed by atoms with Crippen molar-refractivity contribution in [2.75, 3.05) is 0 Å². The van der Waals surface area contributed by atoms with Gasteiger partial charge < -0.3 is 4.74 Å². The molecule has 0 spiro atoms. The molecule has 2 atom stereocenters. The van der Waals surface area contributed by atoms with E-state index in [4.69, 9.17) is 4.74 Å². The van der Waals surface area contributed by atoms with Gasteiger partial charge in [0.25, 0.3) is 0 Å². The number of hydrogen-bond acceptors (Lipinski definition) is 2. The normalized spacial score (nSPS) is 23.7. The summed E-state index contributed by atoms with van der Waals surface area (Å²) in [4.78, 5) is 14.3. The number of halogens is 1. The maximum absolute atomic E-state index is 13.6. The summed E-state index contributed by atoms with van der Waals surface area (Å²) < 4.78 is 19.1. The molecule has 2 aliphatic rings. The van der Waals surface area contributed by atoms with E-state index < -0.39 is 5.60 Å². The van der Waals surface area contributed by atoms with Crippen molar-refractivity contribution in [1.29, 1.82) is 0 Å². The Morgan fingerprint density at radius 2 is 2.04 bits per heavy atom. The summed E-state index contributed by atoms with van der Waals surface area (Å²) in [5, 5.41) is 0. The number of aryl methyl sites for hydroxylation is 1. The van der Waals surface area contributed by atoms with Crippen LogP contribution in [0.1, 0.15) is 51.2 Å². The summed E-state index contributed by atoms with van der Waals surface area (Å²) in [6.07, 6.45) is 4.56. The van der Waals surface area contributed by atoms with Gasteiger partial charge in [-0.05, 0) is 75.8 Å². The lowest BCUT2D eigenvalue weighted by atomic mass is 9.92. The largest absolute Gasteiger partial charge is 0.444 e. The highest BCUT2D eigenvalue weighted by atomic mass is 19.1.